The van der Waals surface area contributed by atoms with Crippen molar-refractivity contribution in [1.82, 2.24) is 0 Å². The van der Waals surface area contributed by atoms with Crippen LogP contribution >= 0.6 is 35.6 Å². The first-order chi connectivity index (χ1) is 6.24. The number of thiophene rings is 1. The van der Waals surface area contributed by atoms with Crippen molar-refractivity contribution < 1.29 is 5.11 Å². The normalized spacial score (nSPS) is 11.0. The van der Waals surface area contributed by atoms with Gasteiger partial charge in [0.15, 0.2) is 0 Å². The van der Waals surface area contributed by atoms with Gasteiger partial charge in [0.2, 0.25) is 0 Å². The van der Waals surface area contributed by atoms with E-state index in [2.05, 4.69) is 12.6 Å². The molecule has 1 nitrogen and oxygen atoms in total. The summed E-state index contributed by atoms with van der Waals surface area (Å²) in [6, 6.07) is 3.89. The van der Waals surface area contributed by atoms with Crippen LogP contribution in [0.1, 0.15) is 5.56 Å². The van der Waals surface area contributed by atoms with Crippen LogP contribution in [-0.4, -0.2) is 5.11 Å². The zero-order valence-electron chi connectivity index (χ0n) is 6.62. The summed E-state index contributed by atoms with van der Waals surface area (Å²) in [6.45, 7) is -0.0435. The van der Waals surface area contributed by atoms with Gasteiger partial charge in [0, 0.05) is 9.60 Å². The first-order valence-electron chi connectivity index (χ1n) is 3.72. The average Bonchev–Trinajstić information content (AvgIpc) is 2.59. The van der Waals surface area contributed by atoms with Crippen LogP contribution in [0, 0.1) is 0 Å². The largest absolute Gasteiger partial charge is 0.392 e. The molecule has 4 heteroatoms. The Morgan fingerprint density at radius 2 is 2.31 bits per heavy atom. The monoisotopic (exact) mass is 230 g/mol. The molecule has 0 amide bonds. The summed E-state index contributed by atoms with van der Waals surface area (Å²) < 4.78 is 1.07. The number of benzene rings is 1. The molecule has 13 heavy (non-hydrogen) atoms. The van der Waals surface area contributed by atoms with Gasteiger partial charge in [-0.05, 0) is 28.5 Å². The Morgan fingerprint density at radius 3 is 3.00 bits per heavy atom. The van der Waals surface area contributed by atoms with Crippen LogP contribution in [0.3, 0.4) is 0 Å². The maximum Gasteiger partial charge on any atom is 0.0697 e. The maximum absolute atomic E-state index is 9.02. The Morgan fingerprint density at radius 1 is 1.54 bits per heavy atom. The third-order valence-corrected chi connectivity index (χ3v) is 4.01. The molecule has 0 aliphatic carbocycles. The highest BCUT2D eigenvalue weighted by molar-refractivity contribution is 7.81. The molecule has 2 aromatic rings. The molecular weight excluding hydrogens is 224 g/mol. The van der Waals surface area contributed by atoms with Crippen molar-refractivity contribution in [2.24, 2.45) is 0 Å². The van der Waals surface area contributed by atoms with E-state index in [-0.39, 0.29) is 6.61 Å². The molecule has 1 heterocycles. The number of aliphatic hydroxyl groups excluding tert-OH is 1. The second-order valence-corrected chi connectivity index (χ2v) is 4.44. The van der Waals surface area contributed by atoms with Crippen LogP contribution in [-0.2, 0) is 6.61 Å². The van der Waals surface area contributed by atoms with Crippen molar-refractivity contribution >= 4 is 45.7 Å². The van der Waals surface area contributed by atoms with Gasteiger partial charge in [-0.25, -0.2) is 0 Å². The van der Waals surface area contributed by atoms with Crippen LogP contribution in [0.5, 0.6) is 0 Å². The molecule has 0 saturated heterocycles. The first-order valence-corrected chi connectivity index (χ1v) is 5.43. The molecule has 0 unspecified atom stereocenters. The van der Waals surface area contributed by atoms with E-state index in [9.17, 15) is 0 Å². The molecule has 0 fully saturated rings. The molecule has 2 rings (SSSR count). The lowest BCUT2D eigenvalue weighted by atomic mass is 10.2. The van der Waals surface area contributed by atoms with Gasteiger partial charge in [0.25, 0.3) is 0 Å². The molecule has 1 N–H and O–H groups in total. The molecule has 0 saturated carbocycles. The number of fused-ring (bicyclic) bond motifs is 1. The highest BCUT2D eigenvalue weighted by Gasteiger charge is 2.08. The van der Waals surface area contributed by atoms with E-state index >= 15 is 0 Å². The molecule has 1 aromatic heterocycles. The van der Waals surface area contributed by atoms with Crippen molar-refractivity contribution in [2.45, 2.75) is 11.5 Å². The Bertz CT molecular complexity index is 450. The van der Waals surface area contributed by atoms with E-state index in [1.807, 2.05) is 17.5 Å². The summed E-state index contributed by atoms with van der Waals surface area (Å²) in [6.07, 6.45) is 0. The Balaban J connectivity index is 2.83. The summed E-state index contributed by atoms with van der Waals surface area (Å²) in [5.74, 6) is 0. The number of rotatable bonds is 1. The van der Waals surface area contributed by atoms with Crippen molar-refractivity contribution in [3.63, 3.8) is 0 Å². The van der Waals surface area contributed by atoms with E-state index in [0.29, 0.717) is 5.02 Å². The molecule has 0 radical (unpaired) electrons. The summed E-state index contributed by atoms with van der Waals surface area (Å²) in [7, 11) is 0. The SMILES string of the molecule is OCc1cc2ccsc2c(S)c1Cl. The number of aliphatic hydroxyl groups is 1. The number of halogens is 1. The van der Waals surface area contributed by atoms with Gasteiger partial charge in [-0.2, -0.15) is 0 Å². The predicted octanol–water partition coefficient (Wildman–Crippen LogP) is 3.34. The molecular formula is C9H7ClOS2. The Kier molecular flexibility index (Phi) is 2.51. The zero-order chi connectivity index (χ0) is 9.42. The summed E-state index contributed by atoms with van der Waals surface area (Å²) >= 11 is 11.9. The zero-order valence-corrected chi connectivity index (χ0v) is 9.09. The summed E-state index contributed by atoms with van der Waals surface area (Å²) in [4.78, 5) is 0.762. The lowest BCUT2D eigenvalue weighted by Gasteiger charge is -2.04. The Hall–Kier alpha value is -0.220. The van der Waals surface area contributed by atoms with E-state index in [0.717, 1.165) is 20.5 Å². The van der Waals surface area contributed by atoms with Crippen LogP contribution in [0.2, 0.25) is 5.02 Å². The number of thiol groups is 1. The standard InChI is InChI=1S/C9H7ClOS2/c10-7-6(4-11)3-5-1-2-13-9(5)8(7)12/h1-3,11-12H,4H2. The number of hydrogen-bond donors (Lipinski definition) is 2. The van der Waals surface area contributed by atoms with Gasteiger partial charge in [-0.1, -0.05) is 11.6 Å². The molecule has 0 aliphatic rings. The smallest absolute Gasteiger partial charge is 0.0697 e. The van der Waals surface area contributed by atoms with Crippen LogP contribution < -0.4 is 0 Å². The van der Waals surface area contributed by atoms with Gasteiger partial charge in [-0.15, -0.1) is 24.0 Å². The topological polar surface area (TPSA) is 20.2 Å². The van der Waals surface area contributed by atoms with Gasteiger partial charge in [-0.3, -0.25) is 0 Å². The Labute approximate surface area is 90.4 Å². The van der Waals surface area contributed by atoms with E-state index in [4.69, 9.17) is 16.7 Å². The number of hydrogen-bond acceptors (Lipinski definition) is 3. The second-order valence-electron chi connectivity index (χ2n) is 2.70. The van der Waals surface area contributed by atoms with Gasteiger partial charge >= 0.3 is 0 Å². The second kappa shape index (κ2) is 3.50. The third kappa shape index (κ3) is 1.46. The quantitative estimate of drug-likeness (QED) is 0.720. The van der Waals surface area contributed by atoms with Crippen LogP contribution in [0.4, 0.5) is 0 Å². The molecule has 0 bridgehead atoms. The fourth-order valence-electron chi connectivity index (χ4n) is 1.24. The average molecular weight is 231 g/mol. The summed E-state index contributed by atoms with van der Waals surface area (Å²) in [5, 5.41) is 12.7. The van der Waals surface area contributed by atoms with E-state index < -0.39 is 0 Å². The minimum absolute atomic E-state index is 0.0435. The van der Waals surface area contributed by atoms with E-state index in [1.54, 1.807) is 11.3 Å². The minimum Gasteiger partial charge on any atom is -0.392 e. The van der Waals surface area contributed by atoms with Crippen molar-refractivity contribution in [1.29, 1.82) is 0 Å². The third-order valence-electron chi connectivity index (χ3n) is 1.90. The highest BCUT2D eigenvalue weighted by atomic mass is 35.5. The van der Waals surface area contributed by atoms with Gasteiger partial charge in [0.05, 0.1) is 11.6 Å². The molecule has 0 atom stereocenters. The van der Waals surface area contributed by atoms with Crippen molar-refractivity contribution in [3.05, 3.63) is 28.1 Å². The van der Waals surface area contributed by atoms with Crippen molar-refractivity contribution in [2.75, 3.05) is 0 Å². The predicted molar refractivity (Wildman–Crippen MR) is 60.0 cm³/mol. The van der Waals surface area contributed by atoms with Crippen LogP contribution in [0.25, 0.3) is 10.1 Å². The van der Waals surface area contributed by atoms with Gasteiger partial charge < -0.3 is 5.11 Å². The highest BCUT2D eigenvalue weighted by Crippen LogP contribution is 2.35. The molecule has 0 aliphatic heterocycles. The lowest BCUT2D eigenvalue weighted by molar-refractivity contribution is 0.282. The first kappa shape index (κ1) is 9.34. The fraction of sp³-hybridized carbons (Fsp3) is 0.111. The van der Waals surface area contributed by atoms with Crippen LogP contribution in [0.15, 0.2) is 22.4 Å². The lowest BCUT2D eigenvalue weighted by Crippen LogP contribution is -1.85. The van der Waals surface area contributed by atoms with Gasteiger partial charge in [0.1, 0.15) is 0 Å². The van der Waals surface area contributed by atoms with E-state index in [1.165, 1.54) is 0 Å². The fourth-order valence-corrected chi connectivity index (χ4v) is 2.77. The molecule has 68 valence electrons. The maximum atomic E-state index is 9.02. The van der Waals surface area contributed by atoms with Crippen molar-refractivity contribution in [3.8, 4) is 0 Å². The molecule has 0 spiro atoms. The minimum atomic E-state index is -0.0435. The molecule has 1 aromatic carbocycles. The summed E-state index contributed by atoms with van der Waals surface area (Å²) in [5.41, 5.74) is 0.734.